The van der Waals surface area contributed by atoms with Gasteiger partial charge >= 0.3 is 0 Å². The first kappa shape index (κ1) is 12.3. The molecule has 0 heterocycles. The molecule has 0 aromatic heterocycles. The van der Waals surface area contributed by atoms with Gasteiger partial charge in [-0.05, 0) is 45.8 Å². The molecular weight excluding hydrogens is 301 g/mol. The van der Waals surface area contributed by atoms with E-state index in [-0.39, 0.29) is 5.82 Å². The van der Waals surface area contributed by atoms with Crippen LogP contribution in [0, 0.1) is 5.82 Å². The highest BCUT2D eigenvalue weighted by atomic mass is 79.9. The first-order chi connectivity index (χ1) is 8.25. The molecule has 0 bridgehead atoms. The van der Waals surface area contributed by atoms with E-state index in [9.17, 15) is 4.39 Å². The molecule has 0 atom stereocenters. The molecule has 0 N–H and O–H groups in total. The zero-order valence-corrected chi connectivity index (χ0v) is 11.2. The lowest BCUT2D eigenvalue weighted by atomic mass is 10.2. The summed E-state index contributed by atoms with van der Waals surface area (Å²) in [5, 5.41) is 0. The van der Waals surface area contributed by atoms with E-state index >= 15 is 0 Å². The number of halogens is 2. The normalized spacial score (nSPS) is 10.9. The van der Waals surface area contributed by atoms with Gasteiger partial charge in [0.1, 0.15) is 5.82 Å². The fourth-order valence-corrected chi connectivity index (χ4v) is 2.33. The van der Waals surface area contributed by atoms with E-state index in [1.165, 1.54) is 24.1 Å². The van der Waals surface area contributed by atoms with Crippen LogP contribution >= 0.6 is 27.9 Å². The maximum Gasteiger partial charge on any atom is 0.123 e. The Morgan fingerprint density at radius 1 is 1.12 bits per heavy atom. The van der Waals surface area contributed by atoms with E-state index in [1.807, 2.05) is 30.3 Å². The highest BCUT2D eigenvalue weighted by Gasteiger charge is 1.97. The average molecular weight is 310 g/mol. The molecule has 1 nitrogen and oxygen atoms in total. The van der Waals surface area contributed by atoms with Crippen molar-refractivity contribution in [3.63, 3.8) is 0 Å². The van der Waals surface area contributed by atoms with Crippen molar-refractivity contribution < 1.29 is 4.39 Å². The zero-order chi connectivity index (χ0) is 12.1. The number of nitrogens with zero attached hydrogens (tertiary/aromatic N) is 1. The van der Waals surface area contributed by atoms with Crippen LogP contribution in [0.3, 0.4) is 0 Å². The van der Waals surface area contributed by atoms with Crippen LogP contribution in [-0.4, -0.2) is 6.21 Å². The van der Waals surface area contributed by atoms with E-state index in [2.05, 4.69) is 20.3 Å². The molecule has 0 aliphatic rings. The van der Waals surface area contributed by atoms with Gasteiger partial charge in [0.15, 0.2) is 0 Å². The van der Waals surface area contributed by atoms with Gasteiger partial charge in [-0.15, -0.1) is 0 Å². The number of benzene rings is 2. The standard InChI is InChI=1S/C13H9BrFNS/c14-12-6-1-2-7-13(12)17-16-9-10-4-3-5-11(15)8-10/h1-9H/b16-9+. The van der Waals surface area contributed by atoms with E-state index < -0.39 is 0 Å². The van der Waals surface area contributed by atoms with Crippen molar-refractivity contribution in [1.29, 1.82) is 0 Å². The molecule has 0 unspecified atom stereocenters. The Bertz CT molecular complexity index is 542. The number of rotatable bonds is 3. The summed E-state index contributed by atoms with van der Waals surface area (Å²) in [6.45, 7) is 0. The van der Waals surface area contributed by atoms with Gasteiger partial charge in [0, 0.05) is 27.5 Å². The van der Waals surface area contributed by atoms with E-state index in [0.717, 1.165) is 14.9 Å². The highest BCUT2D eigenvalue weighted by Crippen LogP contribution is 2.27. The molecule has 0 aliphatic carbocycles. The second kappa shape index (κ2) is 5.98. The minimum atomic E-state index is -0.250. The number of hydrogen-bond donors (Lipinski definition) is 0. The minimum absolute atomic E-state index is 0.250. The second-order valence-electron chi connectivity index (χ2n) is 3.31. The monoisotopic (exact) mass is 309 g/mol. The summed E-state index contributed by atoms with van der Waals surface area (Å²) in [5.41, 5.74) is 0.754. The summed E-state index contributed by atoms with van der Waals surface area (Å²) in [7, 11) is 0. The Kier molecular flexibility index (Phi) is 4.34. The van der Waals surface area contributed by atoms with Crippen molar-refractivity contribution in [1.82, 2.24) is 0 Å². The largest absolute Gasteiger partial charge is 0.219 e. The number of hydrogen-bond acceptors (Lipinski definition) is 2. The Balaban J connectivity index is 2.06. The van der Waals surface area contributed by atoms with Crippen LogP contribution in [0.2, 0.25) is 0 Å². The third-order valence-electron chi connectivity index (χ3n) is 2.04. The molecule has 0 saturated heterocycles. The topological polar surface area (TPSA) is 12.4 Å². The van der Waals surface area contributed by atoms with E-state index in [4.69, 9.17) is 0 Å². The smallest absolute Gasteiger partial charge is 0.123 e. The molecular formula is C13H9BrFNS. The molecule has 0 fully saturated rings. The van der Waals surface area contributed by atoms with Gasteiger partial charge in [-0.2, -0.15) is 0 Å². The van der Waals surface area contributed by atoms with Gasteiger partial charge in [-0.25, -0.2) is 8.79 Å². The molecule has 0 amide bonds. The SMILES string of the molecule is Fc1cccc(/C=N/Sc2ccccc2Br)c1. The Hall–Kier alpha value is -1.13. The minimum Gasteiger partial charge on any atom is -0.219 e. The van der Waals surface area contributed by atoms with Crippen molar-refractivity contribution in [3.05, 3.63) is 64.4 Å². The second-order valence-corrected chi connectivity index (χ2v) is 5.00. The first-order valence-corrected chi connectivity index (χ1v) is 6.53. The molecule has 4 heteroatoms. The van der Waals surface area contributed by atoms with Crippen LogP contribution in [0.15, 0.2) is 62.3 Å². The average Bonchev–Trinajstić information content (AvgIpc) is 2.32. The maximum absolute atomic E-state index is 12.9. The van der Waals surface area contributed by atoms with Gasteiger partial charge < -0.3 is 0 Å². The van der Waals surface area contributed by atoms with Crippen molar-refractivity contribution in [2.75, 3.05) is 0 Å². The molecule has 0 radical (unpaired) electrons. The fraction of sp³-hybridized carbons (Fsp3) is 0. The summed E-state index contributed by atoms with van der Waals surface area (Å²) >= 11 is 4.79. The van der Waals surface area contributed by atoms with Crippen LogP contribution in [0.5, 0.6) is 0 Å². The first-order valence-electron chi connectivity index (χ1n) is 4.96. The Morgan fingerprint density at radius 2 is 1.94 bits per heavy atom. The van der Waals surface area contributed by atoms with Gasteiger partial charge in [0.05, 0.1) is 0 Å². The van der Waals surface area contributed by atoms with Gasteiger partial charge in [-0.1, -0.05) is 24.3 Å². The predicted molar refractivity (Wildman–Crippen MR) is 74.0 cm³/mol. The predicted octanol–water partition coefficient (Wildman–Crippen LogP) is 4.71. The van der Waals surface area contributed by atoms with Crippen molar-refractivity contribution in [2.24, 2.45) is 4.40 Å². The molecule has 17 heavy (non-hydrogen) atoms. The van der Waals surface area contributed by atoms with Crippen LogP contribution in [0.25, 0.3) is 0 Å². The maximum atomic E-state index is 12.9. The molecule has 0 saturated carbocycles. The van der Waals surface area contributed by atoms with Crippen LogP contribution in [-0.2, 0) is 0 Å². The summed E-state index contributed by atoms with van der Waals surface area (Å²) in [5.74, 6) is -0.250. The van der Waals surface area contributed by atoms with Gasteiger partial charge in [0.25, 0.3) is 0 Å². The molecule has 2 rings (SSSR count). The summed E-state index contributed by atoms with van der Waals surface area (Å²) in [6, 6.07) is 14.2. The summed E-state index contributed by atoms with van der Waals surface area (Å²) < 4.78 is 18.1. The fourth-order valence-electron chi connectivity index (χ4n) is 1.25. The lowest BCUT2D eigenvalue weighted by Gasteiger charge is -1.98. The molecule has 0 spiro atoms. The lowest BCUT2D eigenvalue weighted by molar-refractivity contribution is 0.627. The summed E-state index contributed by atoms with van der Waals surface area (Å²) in [4.78, 5) is 1.03. The quantitative estimate of drug-likeness (QED) is 0.590. The van der Waals surface area contributed by atoms with Crippen LogP contribution in [0.1, 0.15) is 5.56 Å². The molecule has 2 aromatic rings. The van der Waals surface area contributed by atoms with E-state index in [1.54, 1.807) is 12.3 Å². The van der Waals surface area contributed by atoms with E-state index in [0.29, 0.717) is 0 Å². The van der Waals surface area contributed by atoms with Crippen molar-refractivity contribution in [2.45, 2.75) is 4.90 Å². The van der Waals surface area contributed by atoms with Gasteiger partial charge in [-0.3, -0.25) is 0 Å². The molecule has 0 aliphatic heterocycles. The highest BCUT2D eigenvalue weighted by molar-refractivity contribution is 9.10. The Morgan fingerprint density at radius 3 is 2.71 bits per heavy atom. The van der Waals surface area contributed by atoms with Gasteiger partial charge in [0.2, 0.25) is 0 Å². The lowest BCUT2D eigenvalue weighted by Crippen LogP contribution is -1.81. The summed E-state index contributed by atoms with van der Waals surface area (Å²) in [6.07, 6.45) is 1.65. The molecule has 86 valence electrons. The molecule has 2 aromatic carbocycles. The van der Waals surface area contributed by atoms with Crippen LogP contribution < -0.4 is 0 Å². The zero-order valence-electron chi connectivity index (χ0n) is 8.81. The third kappa shape index (κ3) is 3.68. The van der Waals surface area contributed by atoms with Crippen molar-refractivity contribution >= 4 is 34.1 Å². The van der Waals surface area contributed by atoms with Crippen molar-refractivity contribution in [3.8, 4) is 0 Å². The third-order valence-corrected chi connectivity index (χ3v) is 3.76. The van der Waals surface area contributed by atoms with Crippen LogP contribution in [0.4, 0.5) is 4.39 Å². The Labute approximate surface area is 112 Å².